The smallest absolute Gasteiger partial charge is 0.264 e. The normalized spacial score (nSPS) is 12.0. The van der Waals surface area contributed by atoms with Gasteiger partial charge in [0, 0.05) is 23.1 Å². The van der Waals surface area contributed by atoms with Crippen LogP contribution < -0.4 is 9.62 Å². The van der Waals surface area contributed by atoms with E-state index < -0.39 is 28.5 Å². The van der Waals surface area contributed by atoms with Crippen LogP contribution in [0, 0.1) is 6.92 Å². The van der Waals surface area contributed by atoms with Crippen molar-refractivity contribution in [2.75, 3.05) is 17.4 Å². The molecule has 0 spiro atoms. The molecule has 3 rings (SSSR count). The highest BCUT2D eigenvalue weighted by Crippen LogP contribution is 2.30. The van der Waals surface area contributed by atoms with Crippen molar-refractivity contribution in [3.8, 4) is 0 Å². The maximum atomic E-state index is 14.0. The van der Waals surface area contributed by atoms with Gasteiger partial charge in [-0.1, -0.05) is 73.4 Å². The van der Waals surface area contributed by atoms with Crippen LogP contribution >= 0.6 is 23.2 Å². The third-order valence-electron chi connectivity index (χ3n) is 6.27. The van der Waals surface area contributed by atoms with Crippen LogP contribution in [0.15, 0.2) is 77.7 Å². The molecule has 0 radical (unpaired) electrons. The van der Waals surface area contributed by atoms with Crippen molar-refractivity contribution < 1.29 is 18.0 Å². The third-order valence-corrected chi connectivity index (χ3v) is 8.65. The van der Waals surface area contributed by atoms with Gasteiger partial charge in [0.25, 0.3) is 10.0 Å². The molecule has 1 atom stereocenters. The Morgan fingerprint density at radius 1 is 0.949 bits per heavy atom. The number of nitrogens with one attached hydrogen (secondary N) is 1. The molecule has 10 heteroatoms. The largest absolute Gasteiger partial charge is 0.354 e. The number of anilines is 1. The number of benzene rings is 3. The monoisotopic (exact) mass is 589 g/mol. The molecule has 1 N–H and O–H groups in total. The van der Waals surface area contributed by atoms with Gasteiger partial charge in [-0.2, -0.15) is 0 Å². The average molecular weight is 591 g/mol. The molecular formula is C29H33Cl2N3O4S. The highest BCUT2D eigenvalue weighted by atomic mass is 35.5. The zero-order valence-corrected chi connectivity index (χ0v) is 24.6. The van der Waals surface area contributed by atoms with Gasteiger partial charge in [0.15, 0.2) is 0 Å². The Kier molecular flexibility index (Phi) is 10.8. The summed E-state index contributed by atoms with van der Waals surface area (Å²) >= 11 is 12.6. The topological polar surface area (TPSA) is 86.8 Å². The lowest BCUT2D eigenvalue weighted by Crippen LogP contribution is -2.52. The van der Waals surface area contributed by atoms with Crippen LogP contribution in [0.3, 0.4) is 0 Å². The van der Waals surface area contributed by atoms with Crippen LogP contribution in [0.5, 0.6) is 0 Å². The van der Waals surface area contributed by atoms with E-state index in [0.717, 1.165) is 10.7 Å². The van der Waals surface area contributed by atoms with Gasteiger partial charge in [-0.25, -0.2) is 8.42 Å². The number of hydrogen-bond acceptors (Lipinski definition) is 4. The molecular weight excluding hydrogens is 557 g/mol. The van der Waals surface area contributed by atoms with E-state index in [0.29, 0.717) is 39.8 Å². The van der Waals surface area contributed by atoms with Crippen LogP contribution in [0.25, 0.3) is 0 Å². The molecule has 2 amide bonds. The number of aryl methyl sites for hydroxylation is 1. The predicted molar refractivity (Wildman–Crippen MR) is 157 cm³/mol. The van der Waals surface area contributed by atoms with Crippen LogP contribution in [0.4, 0.5) is 5.69 Å². The third kappa shape index (κ3) is 7.53. The molecule has 0 unspecified atom stereocenters. The Bertz CT molecular complexity index is 1400. The summed E-state index contributed by atoms with van der Waals surface area (Å²) in [5.41, 5.74) is 1.55. The first-order chi connectivity index (χ1) is 18.6. The van der Waals surface area contributed by atoms with Crippen LogP contribution in [0.1, 0.15) is 37.8 Å². The van der Waals surface area contributed by atoms with Crippen LogP contribution in [-0.2, 0) is 26.2 Å². The van der Waals surface area contributed by atoms with Gasteiger partial charge in [0.1, 0.15) is 12.6 Å². The second-order valence-electron chi connectivity index (χ2n) is 9.08. The molecule has 0 aliphatic rings. The van der Waals surface area contributed by atoms with Gasteiger partial charge in [-0.05, 0) is 67.3 Å². The molecule has 0 saturated carbocycles. The number of carbonyl (C=O) groups is 2. The van der Waals surface area contributed by atoms with E-state index in [1.165, 1.54) is 17.0 Å². The molecule has 0 aliphatic carbocycles. The fraction of sp³-hybridized carbons (Fsp3) is 0.310. The molecule has 0 saturated heterocycles. The summed E-state index contributed by atoms with van der Waals surface area (Å²) in [7, 11) is -4.15. The van der Waals surface area contributed by atoms with Gasteiger partial charge >= 0.3 is 0 Å². The van der Waals surface area contributed by atoms with Crippen LogP contribution in [0.2, 0.25) is 10.0 Å². The lowest BCUT2D eigenvalue weighted by molar-refractivity contribution is -0.140. The summed E-state index contributed by atoms with van der Waals surface area (Å²) in [5, 5.41) is 3.75. The second-order valence-corrected chi connectivity index (χ2v) is 11.8. The number of rotatable bonds is 12. The van der Waals surface area contributed by atoms with Crippen molar-refractivity contribution in [1.29, 1.82) is 0 Å². The maximum Gasteiger partial charge on any atom is 0.264 e. The lowest BCUT2D eigenvalue weighted by Gasteiger charge is -2.33. The molecule has 7 nitrogen and oxygen atoms in total. The quantitative estimate of drug-likeness (QED) is 0.288. The summed E-state index contributed by atoms with van der Waals surface area (Å²) in [6.07, 6.45) is 1.07. The molecule has 39 heavy (non-hydrogen) atoms. The summed E-state index contributed by atoms with van der Waals surface area (Å²) in [6, 6.07) is 19.0. The highest BCUT2D eigenvalue weighted by molar-refractivity contribution is 7.92. The molecule has 0 fully saturated rings. The highest BCUT2D eigenvalue weighted by Gasteiger charge is 2.34. The van der Waals surface area contributed by atoms with E-state index >= 15 is 0 Å². The van der Waals surface area contributed by atoms with E-state index in [-0.39, 0.29) is 17.3 Å². The summed E-state index contributed by atoms with van der Waals surface area (Å²) < 4.78 is 28.8. The maximum absolute atomic E-state index is 14.0. The second kappa shape index (κ2) is 13.8. The van der Waals surface area contributed by atoms with Crippen molar-refractivity contribution in [1.82, 2.24) is 10.2 Å². The Morgan fingerprint density at radius 2 is 1.62 bits per heavy atom. The number of sulfonamides is 1. The van der Waals surface area contributed by atoms with Crippen molar-refractivity contribution in [3.63, 3.8) is 0 Å². The molecule has 0 aliphatic heterocycles. The number of halogens is 2. The molecule has 3 aromatic carbocycles. The fourth-order valence-electron chi connectivity index (χ4n) is 4.23. The Labute approximate surface area is 240 Å². The Morgan fingerprint density at radius 3 is 2.23 bits per heavy atom. The van der Waals surface area contributed by atoms with Crippen molar-refractivity contribution in [3.05, 3.63) is 94.0 Å². The van der Waals surface area contributed by atoms with Crippen molar-refractivity contribution in [2.24, 2.45) is 0 Å². The van der Waals surface area contributed by atoms with Gasteiger partial charge < -0.3 is 10.2 Å². The van der Waals surface area contributed by atoms with E-state index in [4.69, 9.17) is 23.2 Å². The Balaban J connectivity index is 2.08. The van der Waals surface area contributed by atoms with Crippen molar-refractivity contribution in [2.45, 2.75) is 51.1 Å². The standard InChI is InChI=1S/C29H33Cl2N3O4S/c1-4-17-32-29(36)26(5-2)33(19-22-11-9-10-14-25(22)31)28(35)20-34(27-16-15-23(30)18-21(27)3)39(37,38)24-12-7-6-8-13-24/h6-16,18,26H,4-5,17,19-20H2,1-3H3,(H,32,36)/t26-/m0/s1. The summed E-state index contributed by atoms with van der Waals surface area (Å²) in [6.45, 7) is 5.45. The number of amides is 2. The minimum Gasteiger partial charge on any atom is -0.354 e. The summed E-state index contributed by atoms with van der Waals surface area (Å²) in [4.78, 5) is 28.6. The van der Waals surface area contributed by atoms with E-state index in [1.807, 2.05) is 13.8 Å². The van der Waals surface area contributed by atoms with Crippen LogP contribution in [-0.4, -0.2) is 44.3 Å². The van der Waals surface area contributed by atoms with Gasteiger partial charge in [0.2, 0.25) is 11.8 Å². The molecule has 0 bridgehead atoms. The zero-order chi connectivity index (χ0) is 28.6. The first kappa shape index (κ1) is 30.5. The summed E-state index contributed by atoms with van der Waals surface area (Å²) in [5.74, 6) is -0.845. The SMILES string of the molecule is CCCNC(=O)[C@H](CC)N(Cc1ccccc1Cl)C(=O)CN(c1ccc(Cl)cc1C)S(=O)(=O)c1ccccc1. The van der Waals surface area contributed by atoms with Gasteiger partial charge in [-0.3, -0.25) is 13.9 Å². The predicted octanol–water partition coefficient (Wildman–Crippen LogP) is 5.83. The van der Waals surface area contributed by atoms with E-state index in [2.05, 4.69) is 5.32 Å². The average Bonchev–Trinajstić information content (AvgIpc) is 2.92. The molecule has 208 valence electrons. The molecule has 0 aromatic heterocycles. The number of nitrogens with zero attached hydrogens (tertiary/aromatic N) is 2. The lowest BCUT2D eigenvalue weighted by atomic mass is 10.1. The van der Waals surface area contributed by atoms with Gasteiger partial charge in [-0.15, -0.1) is 0 Å². The minimum absolute atomic E-state index is 0.0371. The number of carbonyl (C=O) groups excluding carboxylic acids is 2. The van der Waals surface area contributed by atoms with Gasteiger partial charge in [0.05, 0.1) is 10.6 Å². The first-order valence-corrected chi connectivity index (χ1v) is 14.9. The fourth-order valence-corrected chi connectivity index (χ4v) is 6.15. The molecule has 3 aromatic rings. The Hall–Kier alpha value is -3.07. The van der Waals surface area contributed by atoms with E-state index in [9.17, 15) is 18.0 Å². The van der Waals surface area contributed by atoms with E-state index in [1.54, 1.807) is 67.6 Å². The number of hydrogen-bond donors (Lipinski definition) is 1. The molecule has 0 heterocycles. The zero-order valence-electron chi connectivity index (χ0n) is 22.2. The minimum atomic E-state index is -4.15. The van der Waals surface area contributed by atoms with Crippen molar-refractivity contribution >= 4 is 50.7 Å². The first-order valence-electron chi connectivity index (χ1n) is 12.7.